The zero-order valence-corrected chi connectivity index (χ0v) is 10.2. The standard InChI is InChI=1S/C8H15N2O5P/c1-3-7-4-9(7)16(13)14-5-8(2,6-15-16)10(11)12/h7H,3-6H2,1-2H3. The van der Waals surface area contributed by atoms with Crippen LogP contribution in [0.25, 0.3) is 0 Å². The average Bonchev–Trinajstić information content (AvgIpc) is 3.02. The summed E-state index contributed by atoms with van der Waals surface area (Å²) >= 11 is 0. The predicted octanol–water partition coefficient (Wildman–Crippen LogP) is 1.27. The summed E-state index contributed by atoms with van der Waals surface area (Å²) in [5.41, 5.74) is -1.29. The maximum absolute atomic E-state index is 12.1. The summed E-state index contributed by atoms with van der Waals surface area (Å²) in [6.07, 6.45) is 0.878. The minimum atomic E-state index is -3.24. The molecule has 2 saturated heterocycles. The van der Waals surface area contributed by atoms with E-state index in [0.29, 0.717) is 6.54 Å². The van der Waals surface area contributed by atoms with Gasteiger partial charge < -0.3 is 0 Å². The van der Waals surface area contributed by atoms with E-state index in [1.807, 2.05) is 6.92 Å². The highest BCUT2D eigenvalue weighted by atomic mass is 31.2. The Hall–Kier alpha value is -0.490. The molecule has 2 fully saturated rings. The molecule has 0 amide bonds. The quantitative estimate of drug-likeness (QED) is 0.324. The van der Waals surface area contributed by atoms with Crippen LogP contribution in [0.3, 0.4) is 0 Å². The van der Waals surface area contributed by atoms with Gasteiger partial charge in [-0.05, 0) is 6.42 Å². The molecule has 2 aliphatic rings. The molecule has 0 aromatic rings. The zero-order chi connectivity index (χ0) is 12.0. The second-order valence-electron chi connectivity index (χ2n) is 4.45. The summed E-state index contributed by atoms with van der Waals surface area (Å²) in [5, 5.41) is 10.7. The van der Waals surface area contributed by atoms with Crippen LogP contribution in [0.1, 0.15) is 20.3 Å². The highest BCUT2D eigenvalue weighted by Gasteiger charge is 2.56. The maximum atomic E-state index is 12.1. The van der Waals surface area contributed by atoms with Crippen molar-refractivity contribution in [1.29, 1.82) is 0 Å². The molecule has 8 heteroatoms. The Bertz CT molecular complexity index is 348. The van der Waals surface area contributed by atoms with Crippen molar-refractivity contribution in [2.75, 3.05) is 19.8 Å². The lowest BCUT2D eigenvalue weighted by Crippen LogP contribution is -2.47. The first kappa shape index (κ1) is 12.0. The Labute approximate surface area is 93.4 Å². The molecule has 0 aliphatic carbocycles. The molecule has 0 N–H and O–H groups in total. The summed E-state index contributed by atoms with van der Waals surface area (Å²) in [5.74, 6) is 0. The number of nitro groups is 1. The van der Waals surface area contributed by atoms with Crippen molar-refractivity contribution in [3.8, 4) is 0 Å². The molecular formula is C8H15N2O5P. The lowest BCUT2D eigenvalue weighted by Gasteiger charge is -2.31. The highest BCUT2D eigenvalue weighted by Crippen LogP contribution is 2.61. The van der Waals surface area contributed by atoms with Crippen molar-refractivity contribution in [3.05, 3.63) is 10.1 Å². The Morgan fingerprint density at radius 1 is 1.56 bits per heavy atom. The van der Waals surface area contributed by atoms with Gasteiger partial charge in [-0.25, -0.2) is 9.24 Å². The summed E-state index contributed by atoms with van der Waals surface area (Å²) in [7, 11) is -3.24. The Morgan fingerprint density at radius 3 is 2.50 bits per heavy atom. The molecule has 0 radical (unpaired) electrons. The van der Waals surface area contributed by atoms with E-state index in [0.717, 1.165) is 6.42 Å². The van der Waals surface area contributed by atoms with E-state index >= 15 is 0 Å². The molecule has 2 aliphatic heterocycles. The first-order chi connectivity index (χ1) is 7.41. The molecule has 0 aromatic carbocycles. The number of hydrogen-bond donors (Lipinski definition) is 0. The predicted molar refractivity (Wildman–Crippen MR) is 55.7 cm³/mol. The molecule has 0 spiro atoms. The Morgan fingerprint density at radius 2 is 2.12 bits per heavy atom. The molecule has 0 bridgehead atoms. The summed E-state index contributed by atoms with van der Waals surface area (Å²) in [6, 6.07) is 0.228. The van der Waals surface area contributed by atoms with Crippen LogP contribution in [-0.2, 0) is 13.6 Å². The second-order valence-corrected chi connectivity index (χ2v) is 6.42. The van der Waals surface area contributed by atoms with E-state index < -0.39 is 18.2 Å². The molecule has 0 aromatic heterocycles. The number of nitrogens with zero attached hydrogens (tertiary/aromatic N) is 2. The van der Waals surface area contributed by atoms with Crippen molar-refractivity contribution in [1.82, 2.24) is 4.67 Å². The van der Waals surface area contributed by atoms with Crippen LogP contribution >= 0.6 is 7.75 Å². The second kappa shape index (κ2) is 3.77. The largest absolute Gasteiger partial charge is 0.409 e. The number of hydrogen-bond acceptors (Lipinski definition) is 5. The van der Waals surface area contributed by atoms with E-state index in [4.69, 9.17) is 9.05 Å². The third kappa shape index (κ3) is 1.88. The lowest BCUT2D eigenvalue weighted by molar-refractivity contribution is -0.573. The van der Waals surface area contributed by atoms with E-state index in [1.165, 1.54) is 6.92 Å². The summed E-state index contributed by atoms with van der Waals surface area (Å²) in [6.45, 7) is 3.77. The van der Waals surface area contributed by atoms with Crippen molar-refractivity contribution in [2.24, 2.45) is 0 Å². The van der Waals surface area contributed by atoms with E-state index in [-0.39, 0.29) is 19.3 Å². The van der Waals surface area contributed by atoms with Crippen molar-refractivity contribution < 1.29 is 18.5 Å². The molecule has 2 heterocycles. The van der Waals surface area contributed by atoms with Gasteiger partial charge in [0.2, 0.25) is 0 Å². The highest BCUT2D eigenvalue weighted by molar-refractivity contribution is 7.51. The summed E-state index contributed by atoms with van der Waals surface area (Å²) in [4.78, 5) is 10.3. The van der Waals surface area contributed by atoms with E-state index in [2.05, 4.69) is 0 Å². The van der Waals surface area contributed by atoms with Crippen LogP contribution in [0.4, 0.5) is 0 Å². The molecule has 2 unspecified atom stereocenters. The van der Waals surface area contributed by atoms with Crippen LogP contribution < -0.4 is 0 Å². The van der Waals surface area contributed by atoms with Crippen molar-refractivity contribution in [2.45, 2.75) is 31.8 Å². The fourth-order valence-corrected chi connectivity index (χ4v) is 3.79. The van der Waals surface area contributed by atoms with Gasteiger partial charge in [0.15, 0.2) is 0 Å². The Balaban J connectivity index is 2.00. The van der Waals surface area contributed by atoms with Gasteiger partial charge in [-0.2, -0.15) is 0 Å². The fraction of sp³-hybridized carbons (Fsp3) is 1.00. The van der Waals surface area contributed by atoms with Crippen LogP contribution in [0.2, 0.25) is 0 Å². The maximum Gasteiger partial charge on any atom is 0.409 e. The summed E-state index contributed by atoms with van der Waals surface area (Å²) < 4.78 is 24.0. The smallest absolute Gasteiger partial charge is 0.289 e. The van der Waals surface area contributed by atoms with Gasteiger partial charge in [-0.3, -0.25) is 19.2 Å². The Kier molecular flexibility index (Phi) is 2.82. The normalized spacial score (nSPS) is 47.6. The molecule has 2 rings (SSSR count). The third-order valence-electron chi connectivity index (χ3n) is 2.99. The van der Waals surface area contributed by atoms with E-state index in [9.17, 15) is 14.7 Å². The first-order valence-corrected chi connectivity index (χ1v) is 6.71. The molecular weight excluding hydrogens is 235 g/mol. The average molecular weight is 250 g/mol. The number of rotatable bonds is 3. The van der Waals surface area contributed by atoms with Gasteiger partial charge in [-0.15, -0.1) is 0 Å². The minimum absolute atomic E-state index is 0.162. The molecule has 0 saturated carbocycles. The van der Waals surface area contributed by atoms with Gasteiger partial charge in [0.25, 0.3) is 5.54 Å². The van der Waals surface area contributed by atoms with Gasteiger partial charge >= 0.3 is 7.75 Å². The van der Waals surface area contributed by atoms with Crippen LogP contribution in [0.5, 0.6) is 0 Å². The minimum Gasteiger partial charge on any atom is -0.289 e. The molecule has 2 atom stereocenters. The zero-order valence-electron chi connectivity index (χ0n) is 9.29. The fourth-order valence-electron chi connectivity index (χ4n) is 1.58. The van der Waals surface area contributed by atoms with Crippen molar-refractivity contribution >= 4 is 7.75 Å². The van der Waals surface area contributed by atoms with Crippen LogP contribution in [0, 0.1) is 10.1 Å². The lowest BCUT2D eigenvalue weighted by atomic mass is 10.1. The molecule has 7 nitrogen and oxygen atoms in total. The third-order valence-corrected chi connectivity index (χ3v) is 5.02. The van der Waals surface area contributed by atoms with Crippen molar-refractivity contribution in [3.63, 3.8) is 0 Å². The SMILES string of the molecule is CCC1CN1P1(=O)OCC(C)([N+](=O)[O-])CO1. The van der Waals surface area contributed by atoms with Gasteiger partial charge in [0.05, 0.1) is 0 Å². The van der Waals surface area contributed by atoms with E-state index in [1.54, 1.807) is 4.67 Å². The van der Waals surface area contributed by atoms with Gasteiger partial charge in [0.1, 0.15) is 13.2 Å². The van der Waals surface area contributed by atoms with Gasteiger partial charge in [0, 0.05) is 24.4 Å². The molecule has 92 valence electrons. The topological polar surface area (TPSA) is 81.7 Å². The monoisotopic (exact) mass is 250 g/mol. The molecule has 16 heavy (non-hydrogen) atoms. The van der Waals surface area contributed by atoms with Gasteiger partial charge in [-0.1, -0.05) is 6.92 Å². The first-order valence-electron chi connectivity index (χ1n) is 5.22. The van der Waals surface area contributed by atoms with Crippen LogP contribution in [-0.4, -0.2) is 40.9 Å². The van der Waals surface area contributed by atoms with Crippen LogP contribution in [0.15, 0.2) is 0 Å².